The normalized spacial score (nSPS) is 14.2. The van der Waals surface area contributed by atoms with Crippen LogP contribution in [0.2, 0.25) is 0 Å². The predicted molar refractivity (Wildman–Crippen MR) is 94.3 cm³/mol. The largest absolute Gasteiger partial charge is 0.331 e. The van der Waals surface area contributed by atoms with Gasteiger partial charge >= 0.3 is 0 Å². The average Bonchev–Trinajstić information content (AvgIpc) is 2.93. The van der Waals surface area contributed by atoms with E-state index in [-0.39, 0.29) is 12.3 Å². The lowest BCUT2D eigenvalue weighted by Crippen LogP contribution is -2.27. The maximum absolute atomic E-state index is 12.4. The molecule has 0 saturated carbocycles. The van der Waals surface area contributed by atoms with Crippen molar-refractivity contribution in [1.82, 2.24) is 10.4 Å². The van der Waals surface area contributed by atoms with Crippen LogP contribution in [0, 0.1) is 0 Å². The lowest BCUT2D eigenvalue weighted by molar-refractivity contribution is -0.129. The van der Waals surface area contributed by atoms with Crippen molar-refractivity contribution in [2.24, 2.45) is 0 Å². The minimum atomic E-state index is -0.483. The van der Waals surface area contributed by atoms with E-state index in [2.05, 4.69) is 34.1 Å². The molecule has 1 aliphatic heterocycles. The van der Waals surface area contributed by atoms with E-state index in [9.17, 15) is 9.59 Å². The highest BCUT2D eigenvalue weighted by Gasteiger charge is 2.24. The molecular formula is C18H17BrN2O3. The zero-order chi connectivity index (χ0) is 17.1. The SMILES string of the molecule is O=C(CCC1=CCN(Cc2ccc3cc(Br)ccc3c2)C1=O)NO. The lowest BCUT2D eigenvalue weighted by Gasteiger charge is -2.17. The van der Waals surface area contributed by atoms with Crippen LogP contribution in [0.1, 0.15) is 18.4 Å². The molecule has 2 amide bonds. The molecule has 6 heteroatoms. The third-order valence-electron chi connectivity index (χ3n) is 4.11. The average molecular weight is 389 g/mol. The summed E-state index contributed by atoms with van der Waals surface area (Å²) in [5.74, 6) is -0.528. The first kappa shape index (κ1) is 16.7. The number of hydrogen-bond donors (Lipinski definition) is 2. The van der Waals surface area contributed by atoms with Gasteiger partial charge in [-0.15, -0.1) is 0 Å². The van der Waals surface area contributed by atoms with Gasteiger partial charge in [-0.05, 0) is 41.0 Å². The van der Waals surface area contributed by atoms with E-state index in [4.69, 9.17) is 5.21 Å². The van der Waals surface area contributed by atoms with Crippen molar-refractivity contribution in [1.29, 1.82) is 0 Å². The van der Waals surface area contributed by atoms with Crippen LogP contribution in [0.4, 0.5) is 0 Å². The standard InChI is InChI=1S/C18H17BrN2O3/c19-16-5-3-14-9-12(1-2-15(14)10-16)11-21-8-7-13(18(21)23)4-6-17(22)20-24/h1-3,5,7,9-10,24H,4,6,8,11H2,(H,20,22). The van der Waals surface area contributed by atoms with Gasteiger partial charge < -0.3 is 4.90 Å². The van der Waals surface area contributed by atoms with Crippen molar-refractivity contribution in [3.8, 4) is 0 Å². The van der Waals surface area contributed by atoms with Gasteiger partial charge in [0.05, 0.1) is 0 Å². The Balaban J connectivity index is 1.66. The van der Waals surface area contributed by atoms with E-state index < -0.39 is 5.91 Å². The number of carbonyl (C=O) groups excluding carboxylic acids is 2. The molecule has 124 valence electrons. The predicted octanol–water partition coefficient (Wildman–Crippen LogP) is 3.16. The highest BCUT2D eigenvalue weighted by molar-refractivity contribution is 9.10. The molecule has 2 aromatic rings. The fourth-order valence-corrected chi connectivity index (χ4v) is 3.21. The summed E-state index contributed by atoms with van der Waals surface area (Å²) < 4.78 is 1.04. The molecule has 0 aromatic heterocycles. The van der Waals surface area contributed by atoms with Crippen molar-refractivity contribution in [3.63, 3.8) is 0 Å². The maximum atomic E-state index is 12.4. The number of rotatable bonds is 5. The number of nitrogens with one attached hydrogen (secondary N) is 1. The highest BCUT2D eigenvalue weighted by Crippen LogP contribution is 2.23. The van der Waals surface area contributed by atoms with Crippen LogP contribution in [-0.4, -0.2) is 28.5 Å². The Morgan fingerprint density at radius 1 is 1.21 bits per heavy atom. The summed E-state index contributed by atoms with van der Waals surface area (Å²) >= 11 is 3.46. The summed E-state index contributed by atoms with van der Waals surface area (Å²) in [5, 5.41) is 10.8. The molecule has 3 rings (SSSR count). The topological polar surface area (TPSA) is 69.6 Å². The van der Waals surface area contributed by atoms with Crippen LogP contribution in [0.25, 0.3) is 10.8 Å². The van der Waals surface area contributed by atoms with E-state index >= 15 is 0 Å². The number of carbonyl (C=O) groups is 2. The smallest absolute Gasteiger partial charge is 0.250 e. The van der Waals surface area contributed by atoms with Crippen LogP contribution in [0.5, 0.6) is 0 Å². The first-order chi connectivity index (χ1) is 11.6. The summed E-state index contributed by atoms with van der Waals surface area (Å²) in [6, 6.07) is 12.3. The second-order valence-corrected chi connectivity index (χ2v) is 6.69. The molecule has 0 spiro atoms. The molecule has 2 aromatic carbocycles. The third kappa shape index (κ3) is 3.66. The van der Waals surface area contributed by atoms with Crippen LogP contribution in [-0.2, 0) is 16.1 Å². The minimum absolute atomic E-state index is 0.0448. The number of fused-ring (bicyclic) bond motifs is 1. The Morgan fingerprint density at radius 2 is 1.96 bits per heavy atom. The van der Waals surface area contributed by atoms with Crippen LogP contribution in [0.3, 0.4) is 0 Å². The van der Waals surface area contributed by atoms with E-state index in [1.165, 1.54) is 0 Å². The monoisotopic (exact) mass is 388 g/mol. The molecule has 0 aliphatic carbocycles. The molecule has 2 N–H and O–H groups in total. The van der Waals surface area contributed by atoms with Gasteiger partial charge in [0.2, 0.25) is 11.8 Å². The van der Waals surface area contributed by atoms with Gasteiger partial charge in [-0.3, -0.25) is 14.8 Å². The Kier molecular flexibility index (Phi) is 4.97. The molecule has 0 bridgehead atoms. The summed E-state index contributed by atoms with van der Waals surface area (Å²) in [7, 11) is 0. The number of nitrogens with zero attached hydrogens (tertiary/aromatic N) is 1. The van der Waals surface area contributed by atoms with E-state index in [1.54, 1.807) is 10.4 Å². The molecule has 0 fully saturated rings. The van der Waals surface area contributed by atoms with Gasteiger partial charge in [-0.25, -0.2) is 5.48 Å². The zero-order valence-corrected chi connectivity index (χ0v) is 14.5. The van der Waals surface area contributed by atoms with Crippen LogP contribution >= 0.6 is 15.9 Å². The lowest BCUT2D eigenvalue weighted by atomic mass is 10.1. The first-order valence-corrected chi connectivity index (χ1v) is 8.45. The molecule has 0 radical (unpaired) electrons. The highest BCUT2D eigenvalue weighted by atomic mass is 79.9. The number of halogens is 1. The van der Waals surface area contributed by atoms with Crippen molar-refractivity contribution >= 4 is 38.5 Å². The molecule has 1 aliphatic rings. The molecular weight excluding hydrogens is 372 g/mol. The van der Waals surface area contributed by atoms with Crippen molar-refractivity contribution in [2.45, 2.75) is 19.4 Å². The molecule has 0 unspecified atom stereocenters. The summed E-state index contributed by atoms with van der Waals surface area (Å²) in [6.07, 6.45) is 2.30. The van der Waals surface area contributed by atoms with Crippen molar-refractivity contribution in [2.75, 3.05) is 6.54 Å². The minimum Gasteiger partial charge on any atom is -0.331 e. The van der Waals surface area contributed by atoms with Gasteiger partial charge in [0.1, 0.15) is 0 Å². The Bertz CT molecular complexity index is 832. The molecule has 5 nitrogen and oxygen atoms in total. The van der Waals surface area contributed by atoms with Gasteiger partial charge in [-0.1, -0.05) is 40.2 Å². The summed E-state index contributed by atoms with van der Waals surface area (Å²) in [6.45, 7) is 1.09. The molecule has 24 heavy (non-hydrogen) atoms. The van der Waals surface area contributed by atoms with E-state index in [0.29, 0.717) is 25.1 Å². The quantitative estimate of drug-likeness (QED) is 0.610. The molecule has 1 heterocycles. The third-order valence-corrected chi connectivity index (χ3v) is 4.60. The molecule has 0 saturated heterocycles. The Morgan fingerprint density at radius 3 is 2.75 bits per heavy atom. The summed E-state index contributed by atoms with van der Waals surface area (Å²) in [4.78, 5) is 25.2. The Hall–Kier alpha value is -2.18. The van der Waals surface area contributed by atoms with Gasteiger partial charge in [0, 0.05) is 29.6 Å². The van der Waals surface area contributed by atoms with E-state index in [1.807, 2.05) is 24.3 Å². The first-order valence-electron chi connectivity index (χ1n) is 7.66. The van der Waals surface area contributed by atoms with E-state index in [0.717, 1.165) is 20.8 Å². The second kappa shape index (κ2) is 7.15. The fourth-order valence-electron chi connectivity index (χ4n) is 2.83. The zero-order valence-electron chi connectivity index (χ0n) is 13.0. The van der Waals surface area contributed by atoms with Crippen molar-refractivity contribution in [3.05, 3.63) is 58.1 Å². The number of benzene rings is 2. The van der Waals surface area contributed by atoms with Crippen molar-refractivity contribution < 1.29 is 14.8 Å². The molecule has 0 atom stereocenters. The van der Waals surface area contributed by atoms with Gasteiger partial charge in [-0.2, -0.15) is 0 Å². The van der Waals surface area contributed by atoms with Gasteiger partial charge in [0.15, 0.2) is 0 Å². The number of amides is 2. The van der Waals surface area contributed by atoms with Crippen LogP contribution < -0.4 is 5.48 Å². The fraction of sp³-hybridized carbons (Fsp3) is 0.222. The number of hydroxylamine groups is 1. The van der Waals surface area contributed by atoms with Crippen LogP contribution in [0.15, 0.2) is 52.5 Å². The Labute approximate surface area is 148 Å². The number of hydrogen-bond acceptors (Lipinski definition) is 3. The maximum Gasteiger partial charge on any atom is 0.250 e. The summed E-state index contributed by atoms with van der Waals surface area (Å²) in [5.41, 5.74) is 3.28. The van der Waals surface area contributed by atoms with Gasteiger partial charge in [0.25, 0.3) is 0 Å². The second-order valence-electron chi connectivity index (χ2n) is 5.78.